The molecule has 0 unspecified atom stereocenters. The molecule has 0 fully saturated rings. The molecule has 4 aromatic carbocycles. The third-order valence-corrected chi connectivity index (χ3v) is 7.75. The SMILES string of the molecule is CCc1cccc(C)c1[N+]1=C2C(=[N+](c3c(C)cccc3CC)C1C)c1cccc3cccc2c13. The van der Waals surface area contributed by atoms with Gasteiger partial charge in [-0.25, -0.2) is 0 Å². The second kappa shape index (κ2) is 7.77. The summed E-state index contributed by atoms with van der Waals surface area (Å²) < 4.78 is 5.26. The van der Waals surface area contributed by atoms with Gasteiger partial charge in [-0.1, -0.05) is 74.5 Å². The zero-order chi connectivity index (χ0) is 23.6. The van der Waals surface area contributed by atoms with Gasteiger partial charge < -0.3 is 0 Å². The molecule has 168 valence electrons. The Bertz CT molecular complexity index is 1440. The van der Waals surface area contributed by atoms with Crippen molar-refractivity contribution in [2.45, 2.75) is 53.6 Å². The van der Waals surface area contributed by atoms with Crippen molar-refractivity contribution in [2.75, 3.05) is 0 Å². The smallest absolute Gasteiger partial charge is 0.123 e. The van der Waals surface area contributed by atoms with Crippen LogP contribution in [0.15, 0.2) is 72.8 Å². The Hall–Kier alpha value is -3.52. The van der Waals surface area contributed by atoms with Gasteiger partial charge in [-0.3, -0.25) is 0 Å². The van der Waals surface area contributed by atoms with E-state index >= 15 is 0 Å². The van der Waals surface area contributed by atoms with E-state index in [1.807, 2.05) is 0 Å². The number of hydrogen-bond donors (Lipinski definition) is 0. The van der Waals surface area contributed by atoms with Gasteiger partial charge in [0.1, 0.15) is 0 Å². The topological polar surface area (TPSA) is 6.02 Å². The molecular weight excluding hydrogens is 412 g/mol. The number of rotatable bonds is 4. The quantitative estimate of drug-likeness (QED) is 0.293. The van der Waals surface area contributed by atoms with Crippen LogP contribution in [0.1, 0.15) is 54.2 Å². The number of hydrogen-bond acceptors (Lipinski definition) is 0. The average Bonchev–Trinajstić information content (AvgIpc) is 3.32. The van der Waals surface area contributed by atoms with E-state index in [9.17, 15) is 0 Å². The first-order valence-corrected chi connectivity index (χ1v) is 12.6. The van der Waals surface area contributed by atoms with Crippen LogP contribution in [0.5, 0.6) is 0 Å². The van der Waals surface area contributed by atoms with Crippen molar-refractivity contribution in [3.8, 4) is 0 Å². The number of para-hydroxylation sites is 2. The lowest BCUT2D eigenvalue weighted by molar-refractivity contribution is -0.688. The fourth-order valence-corrected chi connectivity index (χ4v) is 6.26. The van der Waals surface area contributed by atoms with E-state index < -0.39 is 0 Å². The molecule has 0 bridgehead atoms. The summed E-state index contributed by atoms with van der Waals surface area (Å²) in [6, 6.07) is 27.1. The molecule has 1 heterocycles. The highest BCUT2D eigenvalue weighted by atomic mass is 15.3. The highest BCUT2D eigenvalue weighted by molar-refractivity contribution is 6.58. The first-order chi connectivity index (χ1) is 16.6. The van der Waals surface area contributed by atoms with Crippen molar-refractivity contribution < 1.29 is 9.15 Å². The second-order valence-corrected chi connectivity index (χ2v) is 9.65. The second-order valence-electron chi connectivity index (χ2n) is 9.65. The van der Waals surface area contributed by atoms with Crippen molar-refractivity contribution in [3.63, 3.8) is 0 Å². The highest BCUT2D eigenvalue weighted by Gasteiger charge is 2.54. The van der Waals surface area contributed by atoms with Crippen molar-refractivity contribution in [1.82, 2.24) is 0 Å². The lowest BCUT2D eigenvalue weighted by Crippen LogP contribution is -2.28. The summed E-state index contributed by atoms with van der Waals surface area (Å²) in [5.41, 5.74) is 13.6. The molecule has 0 radical (unpaired) electrons. The molecule has 2 nitrogen and oxygen atoms in total. The van der Waals surface area contributed by atoms with E-state index in [4.69, 9.17) is 0 Å². The van der Waals surface area contributed by atoms with E-state index in [0.717, 1.165) is 12.8 Å². The van der Waals surface area contributed by atoms with Gasteiger partial charge in [0.25, 0.3) is 11.4 Å². The van der Waals surface area contributed by atoms with Gasteiger partial charge >= 0.3 is 6.17 Å². The molecule has 1 aliphatic heterocycles. The summed E-state index contributed by atoms with van der Waals surface area (Å²) in [4.78, 5) is 0. The van der Waals surface area contributed by atoms with Gasteiger partial charge in [-0.2, -0.15) is 0 Å². The Morgan fingerprint density at radius 3 is 1.50 bits per heavy atom. The third kappa shape index (κ3) is 2.75. The van der Waals surface area contributed by atoms with Crippen molar-refractivity contribution in [1.29, 1.82) is 0 Å². The predicted octanol–water partition coefficient (Wildman–Crippen LogP) is 7.22. The third-order valence-electron chi connectivity index (χ3n) is 7.75. The first kappa shape index (κ1) is 21.0. The van der Waals surface area contributed by atoms with Crippen LogP contribution in [0.4, 0.5) is 11.4 Å². The fourth-order valence-electron chi connectivity index (χ4n) is 6.26. The first-order valence-electron chi connectivity index (χ1n) is 12.6. The van der Waals surface area contributed by atoms with Crippen molar-refractivity contribution in [2.24, 2.45) is 0 Å². The summed E-state index contributed by atoms with van der Waals surface area (Å²) in [6.45, 7) is 11.4. The molecule has 0 saturated heterocycles. The molecule has 2 aliphatic rings. The van der Waals surface area contributed by atoms with Gasteiger partial charge in [0.05, 0.1) is 18.1 Å². The standard InChI is InChI=1S/C32H32N2/c1-6-23-14-8-12-20(3)29(23)33-22(5)34(30-21(4)13-9-15-24(30)7-2)32-27-19-11-17-25-16-10-18-26(28(25)27)31(32)33/h8-19,22H,6-7H2,1-5H3/q+2. The fraction of sp³-hybridized carbons (Fsp3) is 0.250. The van der Waals surface area contributed by atoms with Gasteiger partial charge in [0.15, 0.2) is 0 Å². The summed E-state index contributed by atoms with van der Waals surface area (Å²) in [6.07, 6.45) is 2.21. The van der Waals surface area contributed by atoms with Gasteiger partial charge in [-0.15, -0.1) is 9.15 Å². The van der Waals surface area contributed by atoms with Crippen molar-refractivity contribution >= 4 is 33.6 Å². The Morgan fingerprint density at radius 1 is 0.618 bits per heavy atom. The summed E-state index contributed by atoms with van der Waals surface area (Å²) in [5, 5.41) is 2.70. The van der Waals surface area contributed by atoms with E-state index in [2.05, 4.69) is 117 Å². The molecule has 0 atom stereocenters. The zero-order valence-electron chi connectivity index (χ0n) is 20.8. The molecule has 34 heavy (non-hydrogen) atoms. The lowest BCUT2D eigenvalue weighted by atomic mass is 10.0. The van der Waals surface area contributed by atoms with E-state index in [0.29, 0.717) is 0 Å². The van der Waals surface area contributed by atoms with Gasteiger partial charge in [0, 0.05) is 27.6 Å². The Morgan fingerprint density at radius 2 is 1.06 bits per heavy atom. The maximum atomic E-state index is 2.63. The van der Waals surface area contributed by atoms with Gasteiger partial charge in [0.2, 0.25) is 11.4 Å². The van der Waals surface area contributed by atoms with Crippen LogP contribution < -0.4 is 0 Å². The molecule has 0 N–H and O–H groups in total. The van der Waals surface area contributed by atoms with Crippen LogP contribution in [0.2, 0.25) is 0 Å². The van der Waals surface area contributed by atoms with Crippen LogP contribution in [0.25, 0.3) is 10.8 Å². The van der Waals surface area contributed by atoms with Crippen LogP contribution in [-0.4, -0.2) is 26.7 Å². The van der Waals surface area contributed by atoms with Gasteiger partial charge in [-0.05, 0) is 44.2 Å². The van der Waals surface area contributed by atoms with Crippen LogP contribution in [0, 0.1) is 13.8 Å². The van der Waals surface area contributed by atoms with Crippen LogP contribution in [-0.2, 0) is 12.8 Å². The summed E-state index contributed by atoms with van der Waals surface area (Å²) >= 11 is 0. The summed E-state index contributed by atoms with van der Waals surface area (Å²) in [7, 11) is 0. The minimum Gasteiger partial charge on any atom is -0.123 e. The van der Waals surface area contributed by atoms with E-state index in [1.165, 1.54) is 67.0 Å². The van der Waals surface area contributed by atoms with E-state index in [-0.39, 0.29) is 6.17 Å². The molecule has 0 saturated carbocycles. The Balaban J connectivity index is 1.78. The Labute approximate surface area is 202 Å². The summed E-state index contributed by atoms with van der Waals surface area (Å²) in [5.74, 6) is 0. The Kier molecular flexibility index (Phi) is 4.81. The van der Waals surface area contributed by atoms with Crippen molar-refractivity contribution in [3.05, 3.63) is 106 Å². The maximum Gasteiger partial charge on any atom is 0.351 e. The maximum absolute atomic E-state index is 2.63. The normalized spacial score (nSPS) is 15.1. The highest BCUT2D eigenvalue weighted by Crippen LogP contribution is 2.41. The monoisotopic (exact) mass is 444 g/mol. The molecular formula is C32H32N2+2. The average molecular weight is 445 g/mol. The number of nitrogens with zero attached hydrogens (tertiary/aromatic N) is 2. The number of benzene rings is 4. The molecule has 6 rings (SSSR count). The van der Waals surface area contributed by atoms with Crippen LogP contribution >= 0.6 is 0 Å². The largest absolute Gasteiger partial charge is 0.351 e. The molecule has 0 spiro atoms. The van der Waals surface area contributed by atoms with Crippen LogP contribution in [0.3, 0.4) is 0 Å². The number of fused-ring (bicyclic) bond motifs is 3. The number of aryl methyl sites for hydroxylation is 4. The molecule has 0 aromatic heterocycles. The lowest BCUT2D eigenvalue weighted by Gasteiger charge is -2.14. The minimum absolute atomic E-state index is 0.173. The minimum atomic E-state index is 0.173. The zero-order valence-corrected chi connectivity index (χ0v) is 20.8. The molecule has 2 heteroatoms. The molecule has 0 amide bonds. The molecule has 4 aromatic rings. The predicted molar refractivity (Wildman–Crippen MR) is 143 cm³/mol. The van der Waals surface area contributed by atoms with E-state index in [1.54, 1.807) is 0 Å². The molecule has 1 aliphatic carbocycles.